The molecule has 7 rings (SSSR count). The first-order chi connectivity index (χ1) is 22.4. The number of likely N-dealkylation sites (N-methyl/N-ethyl adjacent to an activating group) is 1. The average molecular weight is 647 g/mol. The molecule has 47 heavy (non-hydrogen) atoms. The van der Waals surface area contributed by atoms with Crippen LogP contribution in [0.4, 0.5) is 13.2 Å². The van der Waals surface area contributed by atoms with Gasteiger partial charge in [0.15, 0.2) is 11.5 Å². The Morgan fingerprint density at radius 2 is 1.83 bits per heavy atom. The number of alkyl halides is 3. The maximum Gasteiger partial charge on any atom is 0.416 e. The number of hydrogen-bond acceptors (Lipinski definition) is 6. The quantitative estimate of drug-likeness (QED) is 0.206. The van der Waals surface area contributed by atoms with Crippen LogP contribution >= 0.6 is 0 Å². The normalized spacial score (nSPS) is 27.7. The van der Waals surface area contributed by atoms with Crippen molar-refractivity contribution in [2.45, 2.75) is 74.4 Å². The summed E-state index contributed by atoms with van der Waals surface area (Å²) in [6.07, 6.45) is 0.826. The Bertz CT molecular complexity index is 1730. The van der Waals surface area contributed by atoms with Crippen LogP contribution in [0.1, 0.15) is 54.0 Å². The van der Waals surface area contributed by atoms with Crippen molar-refractivity contribution >= 4 is 18.0 Å². The zero-order chi connectivity index (χ0) is 33.1. The van der Waals surface area contributed by atoms with Gasteiger partial charge in [-0.25, -0.2) is 0 Å². The van der Waals surface area contributed by atoms with Gasteiger partial charge in [0.2, 0.25) is 5.91 Å². The van der Waals surface area contributed by atoms with E-state index in [1.807, 2.05) is 24.3 Å². The summed E-state index contributed by atoms with van der Waals surface area (Å²) < 4.78 is 51.4. The van der Waals surface area contributed by atoms with E-state index in [2.05, 4.69) is 17.0 Å². The van der Waals surface area contributed by atoms with Crippen LogP contribution < -0.4 is 9.47 Å². The molecule has 5 atom stereocenters. The fourth-order valence-electron chi connectivity index (χ4n) is 8.64. The predicted molar refractivity (Wildman–Crippen MR) is 169 cm³/mol. The summed E-state index contributed by atoms with van der Waals surface area (Å²) in [6, 6.07) is 18.1. The maximum absolute atomic E-state index is 13.6. The monoisotopic (exact) mass is 646 g/mol. The molecule has 2 fully saturated rings. The van der Waals surface area contributed by atoms with Crippen molar-refractivity contribution in [2.75, 3.05) is 20.1 Å². The zero-order valence-corrected chi connectivity index (χ0v) is 26.3. The molecule has 0 unspecified atom stereocenters. The summed E-state index contributed by atoms with van der Waals surface area (Å²) in [5.74, 6) is -0.0360. The van der Waals surface area contributed by atoms with E-state index < -0.39 is 40.9 Å². The lowest BCUT2D eigenvalue weighted by Gasteiger charge is -2.64. The average Bonchev–Trinajstić information content (AvgIpc) is 3.39. The Balaban J connectivity index is 1.20. The molecule has 1 amide bonds. The SMILES string of the molecule is CC(=O)Oc1ccc2c3c1O[C@H]1[C@H](N(C)C(=O)C=Cc4ccc(C(F)(F)F)cc4)CC[C@@]4(O)[C@@H](C2)N(CCc2ccccc2)CC[C@]314. The summed E-state index contributed by atoms with van der Waals surface area (Å²) in [5.41, 5.74) is 0.913. The van der Waals surface area contributed by atoms with Crippen LogP contribution in [0, 0.1) is 0 Å². The molecule has 2 bridgehead atoms. The standard InChI is InChI=1S/C37H37F3N2O5/c1-23(43)46-29-14-11-26-22-30-36(45)18-16-28(41(2)31(44)15-10-25-8-12-27(13-9-25)37(38,39)40)34-35(36,32(26)33(29)47-34)19-21-42(30)20-17-24-6-4-3-5-7-24/h3-15,28,30,34,45H,16-22H2,1-2H3/t28-,30-,34+,35+,36-/m1/s1. The van der Waals surface area contributed by atoms with E-state index >= 15 is 0 Å². The minimum atomic E-state index is -4.44. The van der Waals surface area contributed by atoms with Gasteiger partial charge in [0.25, 0.3) is 0 Å². The highest BCUT2D eigenvalue weighted by molar-refractivity contribution is 5.92. The number of piperidine rings is 1. The fraction of sp³-hybridized carbons (Fsp3) is 0.405. The second kappa shape index (κ2) is 11.5. The Labute approximate surface area is 271 Å². The molecule has 7 nitrogen and oxygen atoms in total. The molecule has 0 aromatic heterocycles. The summed E-state index contributed by atoms with van der Waals surface area (Å²) in [4.78, 5) is 29.6. The molecule has 2 aliphatic carbocycles. The summed E-state index contributed by atoms with van der Waals surface area (Å²) >= 11 is 0. The molecule has 4 aliphatic rings. The number of carbonyl (C=O) groups is 2. The van der Waals surface area contributed by atoms with Crippen LogP contribution in [0.15, 0.2) is 72.8 Å². The molecular formula is C37H37F3N2O5. The number of likely N-dealkylation sites (tertiary alicyclic amines) is 1. The van der Waals surface area contributed by atoms with Crippen LogP contribution in [0.3, 0.4) is 0 Å². The van der Waals surface area contributed by atoms with Crippen molar-refractivity contribution < 1.29 is 37.3 Å². The third-order valence-electron chi connectivity index (χ3n) is 10.8. The van der Waals surface area contributed by atoms with E-state index in [0.29, 0.717) is 42.7 Å². The number of benzene rings is 3. The molecule has 1 saturated heterocycles. The van der Waals surface area contributed by atoms with Crippen molar-refractivity contribution in [3.8, 4) is 11.5 Å². The van der Waals surface area contributed by atoms with E-state index in [4.69, 9.17) is 9.47 Å². The molecule has 10 heteroatoms. The van der Waals surface area contributed by atoms with Crippen LogP contribution in [0.2, 0.25) is 0 Å². The largest absolute Gasteiger partial charge is 0.483 e. The third kappa shape index (κ3) is 5.13. The number of carbonyl (C=O) groups excluding carboxylic acids is 2. The Morgan fingerprint density at radius 3 is 2.53 bits per heavy atom. The predicted octanol–water partition coefficient (Wildman–Crippen LogP) is 5.57. The Hall–Kier alpha value is -4.15. The number of amides is 1. The summed E-state index contributed by atoms with van der Waals surface area (Å²) in [6.45, 7) is 2.86. The topological polar surface area (TPSA) is 79.3 Å². The van der Waals surface area contributed by atoms with Gasteiger partial charge in [-0.3, -0.25) is 14.5 Å². The molecule has 1 spiro atoms. The van der Waals surface area contributed by atoms with E-state index in [1.54, 1.807) is 18.0 Å². The van der Waals surface area contributed by atoms with Crippen LogP contribution in [-0.2, 0) is 34.0 Å². The second-order valence-corrected chi connectivity index (χ2v) is 13.2. The lowest BCUT2D eigenvalue weighted by atomic mass is 9.48. The lowest BCUT2D eigenvalue weighted by molar-refractivity contribution is -0.199. The molecule has 3 aromatic carbocycles. The first kappa shape index (κ1) is 31.4. The number of ether oxygens (including phenoxy) is 2. The number of halogens is 3. The van der Waals surface area contributed by atoms with Gasteiger partial charge in [-0.05, 0) is 79.6 Å². The Kier molecular flexibility index (Phi) is 7.71. The molecule has 3 aromatic rings. The van der Waals surface area contributed by atoms with Gasteiger partial charge >= 0.3 is 12.1 Å². The van der Waals surface area contributed by atoms with Gasteiger partial charge in [0, 0.05) is 38.2 Å². The molecule has 0 radical (unpaired) electrons. The lowest BCUT2D eigenvalue weighted by Crippen LogP contribution is -2.78. The zero-order valence-electron chi connectivity index (χ0n) is 26.3. The number of aliphatic hydroxyl groups is 1. The number of esters is 1. The highest BCUT2D eigenvalue weighted by atomic mass is 19.4. The summed E-state index contributed by atoms with van der Waals surface area (Å²) in [5, 5.41) is 12.9. The minimum Gasteiger partial charge on any atom is -0.483 e. The van der Waals surface area contributed by atoms with Gasteiger partial charge in [-0.2, -0.15) is 13.2 Å². The maximum atomic E-state index is 13.6. The smallest absolute Gasteiger partial charge is 0.416 e. The summed E-state index contributed by atoms with van der Waals surface area (Å²) in [7, 11) is 1.70. The van der Waals surface area contributed by atoms with Crippen molar-refractivity contribution in [3.63, 3.8) is 0 Å². The van der Waals surface area contributed by atoms with Crippen molar-refractivity contribution in [1.82, 2.24) is 9.80 Å². The number of rotatable bonds is 7. The second-order valence-electron chi connectivity index (χ2n) is 13.2. The van der Waals surface area contributed by atoms with Crippen molar-refractivity contribution in [2.24, 2.45) is 0 Å². The van der Waals surface area contributed by atoms with E-state index in [9.17, 15) is 27.9 Å². The fourth-order valence-corrected chi connectivity index (χ4v) is 8.64. The van der Waals surface area contributed by atoms with E-state index in [0.717, 1.165) is 42.8 Å². The highest BCUT2D eigenvalue weighted by Crippen LogP contribution is 2.66. The van der Waals surface area contributed by atoms with Crippen LogP contribution in [-0.4, -0.2) is 70.7 Å². The molecular weight excluding hydrogens is 609 g/mol. The van der Waals surface area contributed by atoms with Gasteiger partial charge in [-0.15, -0.1) is 0 Å². The Morgan fingerprint density at radius 1 is 1.09 bits per heavy atom. The van der Waals surface area contributed by atoms with Gasteiger partial charge in [0.05, 0.1) is 22.6 Å². The van der Waals surface area contributed by atoms with Crippen LogP contribution in [0.25, 0.3) is 6.08 Å². The van der Waals surface area contributed by atoms with E-state index in [-0.39, 0.29) is 11.9 Å². The molecule has 2 heterocycles. The molecule has 1 saturated carbocycles. The molecule has 246 valence electrons. The van der Waals surface area contributed by atoms with E-state index in [1.165, 1.54) is 36.8 Å². The molecule has 2 aliphatic heterocycles. The van der Waals surface area contributed by atoms with Crippen LogP contribution in [0.5, 0.6) is 11.5 Å². The minimum absolute atomic E-state index is 0.161. The van der Waals surface area contributed by atoms with Gasteiger partial charge in [-0.1, -0.05) is 48.5 Å². The van der Waals surface area contributed by atoms with Crippen molar-refractivity contribution in [1.29, 1.82) is 0 Å². The first-order valence-corrected chi connectivity index (χ1v) is 16.1. The van der Waals surface area contributed by atoms with Gasteiger partial charge < -0.3 is 19.5 Å². The van der Waals surface area contributed by atoms with Gasteiger partial charge in [0.1, 0.15) is 6.10 Å². The number of nitrogens with zero attached hydrogens (tertiary/aromatic N) is 2. The molecule has 1 N–H and O–H groups in total. The van der Waals surface area contributed by atoms with Crippen molar-refractivity contribution in [3.05, 3.63) is 101 Å². The number of hydrogen-bond donors (Lipinski definition) is 1. The third-order valence-corrected chi connectivity index (χ3v) is 10.8. The highest BCUT2D eigenvalue weighted by Gasteiger charge is 2.73. The first-order valence-electron chi connectivity index (χ1n) is 16.1.